The van der Waals surface area contributed by atoms with Gasteiger partial charge in [0, 0.05) is 6.54 Å². The first-order valence-electron chi connectivity index (χ1n) is 11.2. The fraction of sp³-hybridized carbons (Fsp3) is 0.286. The van der Waals surface area contributed by atoms with E-state index in [0.717, 1.165) is 35.6 Å². The van der Waals surface area contributed by atoms with Crippen molar-refractivity contribution in [2.24, 2.45) is 0 Å². The summed E-state index contributed by atoms with van der Waals surface area (Å²) in [6.07, 6.45) is 3.97. The van der Waals surface area contributed by atoms with Gasteiger partial charge in [0.25, 0.3) is 0 Å². The van der Waals surface area contributed by atoms with E-state index in [9.17, 15) is 5.11 Å². The molecule has 1 fully saturated rings. The molecule has 1 saturated heterocycles. The van der Waals surface area contributed by atoms with Gasteiger partial charge in [-0.2, -0.15) is 0 Å². The summed E-state index contributed by atoms with van der Waals surface area (Å²) in [5.74, 6) is 1.18. The number of hydrogen-bond acceptors (Lipinski definition) is 3. The Labute approximate surface area is 185 Å². The minimum Gasteiger partial charge on any atom is -0.508 e. The topological polar surface area (TPSA) is 32.7 Å². The van der Waals surface area contributed by atoms with Crippen LogP contribution in [0.3, 0.4) is 0 Å². The Balaban J connectivity index is 1.55. The van der Waals surface area contributed by atoms with Crippen molar-refractivity contribution >= 4 is 11.1 Å². The number of phenols is 1. The molecule has 1 heterocycles. The molecule has 0 radical (unpaired) electrons. The third-order valence-electron chi connectivity index (χ3n) is 6.01. The Bertz CT molecular complexity index is 985. The van der Waals surface area contributed by atoms with Crippen LogP contribution in [0.15, 0.2) is 78.9 Å². The van der Waals surface area contributed by atoms with Gasteiger partial charge in [0.15, 0.2) is 0 Å². The smallest absolute Gasteiger partial charge is 0.119 e. The normalized spacial score (nSPS) is 15.4. The van der Waals surface area contributed by atoms with E-state index in [1.165, 1.54) is 43.5 Å². The van der Waals surface area contributed by atoms with Crippen molar-refractivity contribution in [3.63, 3.8) is 0 Å². The van der Waals surface area contributed by atoms with Gasteiger partial charge < -0.3 is 9.84 Å². The lowest BCUT2D eigenvalue weighted by molar-refractivity contribution is 0.183. The Morgan fingerprint density at radius 2 is 1.39 bits per heavy atom. The molecule has 0 saturated carbocycles. The Hall–Kier alpha value is -3.04. The van der Waals surface area contributed by atoms with Crippen LogP contribution in [-0.2, 0) is 0 Å². The first-order valence-corrected chi connectivity index (χ1v) is 11.2. The van der Waals surface area contributed by atoms with E-state index in [0.29, 0.717) is 0 Å². The first-order chi connectivity index (χ1) is 15.2. The van der Waals surface area contributed by atoms with Crippen LogP contribution in [0.5, 0.6) is 11.5 Å². The molecule has 0 amide bonds. The lowest BCUT2D eigenvalue weighted by atomic mass is 9.90. The van der Waals surface area contributed by atoms with E-state index in [2.05, 4.69) is 60.4 Å². The molecule has 160 valence electrons. The number of likely N-dealkylation sites (tertiary alicyclic amines) is 1. The van der Waals surface area contributed by atoms with Gasteiger partial charge in [-0.3, -0.25) is 4.90 Å². The molecule has 1 aliphatic rings. The molecular formula is C28H31NO2. The van der Waals surface area contributed by atoms with E-state index < -0.39 is 0 Å². The van der Waals surface area contributed by atoms with Crippen molar-refractivity contribution in [1.29, 1.82) is 0 Å². The summed E-state index contributed by atoms with van der Waals surface area (Å²) in [4.78, 5) is 2.49. The Kier molecular flexibility index (Phi) is 7.06. The minimum absolute atomic E-state index is 0.276. The summed E-state index contributed by atoms with van der Waals surface area (Å²) in [5, 5.41) is 9.74. The third kappa shape index (κ3) is 5.56. The number of rotatable bonds is 7. The summed E-state index contributed by atoms with van der Waals surface area (Å²) >= 11 is 0. The van der Waals surface area contributed by atoms with Crippen LogP contribution in [0.4, 0.5) is 0 Å². The molecule has 31 heavy (non-hydrogen) atoms. The SMILES string of the molecule is C/C(=C(/c1ccc(O)cc1)c1ccc(OCCN2CCCCC2)cc1)c1ccccc1. The van der Waals surface area contributed by atoms with Gasteiger partial charge in [0.05, 0.1) is 0 Å². The predicted molar refractivity (Wildman–Crippen MR) is 128 cm³/mol. The van der Waals surface area contributed by atoms with Crippen LogP contribution in [0.1, 0.15) is 42.9 Å². The van der Waals surface area contributed by atoms with Gasteiger partial charge in [-0.15, -0.1) is 0 Å². The quantitative estimate of drug-likeness (QED) is 0.466. The molecule has 0 atom stereocenters. The minimum atomic E-state index is 0.276. The number of nitrogens with zero attached hydrogens (tertiary/aromatic N) is 1. The highest BCUT2D eigenvalue weighted by molar-refractivity contribution is 5.97. The third-order valence-corrected chi connectivity index (χ3v) is 6.01. The summed E-state index contributed by atoms with van der Waals surface area (Å²) in [5.41, 5.74) is 5.76. The van der Waals surface area contributed by atoms with E-state index >= 15 is 0 Å². The summed E-state index contributed by atoms with van der Waals surface area (Å²) < 4.78 is 6.02. The van der Waals surface area contributed by atoms with E-state index in [1.54, 1.807) is 12.1 Å². The maximum absolute atomic E-state index is 9.74. The average molecular weight is 414 g/mol. The van der Waals surface area contributed by atoms with Crippen LogP contribution in [0.25, 0.3) is 11.1 Å². The lowest BCUT2D eigenvalue weighted by Gasteiger charge is -2.26. The van der Waals surface area contributed by atoms with Crippen molar-refractivity contribution in [2.75, 3.05) is 26.2 Å². The van der Waals surface area contributed by atoms with Crippen molar-refractivity contribution in [1.82, 2.24) is 4.90 Å². The zero-order valence-electron chi connectivity index (χ0n) is 18.3. The standard InChI is InChI=1S/C28H31NO2/c1-22(23-8-4-2-5-9-23)28(24-10-14-26(30)15-11-24)25-12-16-27(17-13-25)31-21-20-29-18-6-3-7-19-29/h2,4-5,8-17,30H,3,6-7,18-21H2,1H3/b28-22+. The number of hydrogen-bond donors (Lipinski definition) is 1. The van der Waals surface area contributed by atoms with Crippen molar-refractivity contribution in [3.05, 3.63) is 95.6 Å². The molecule has 1 N–H and O–H groups in total. The number of ether oxygens (including phenoxy) is 1. The second-order valence-electron chi connectivity index (χ2n) is 8.19. The van der Waals surface area contributed by atoms with Crippen LogP contribution < -0.4 is 4.74 Å². The molecule has 3 nitrogen and oxygen atoms in total. The van der Waals surface area contributed by atoms with Crippen LogP contribution in [0, 0.1) is 0 Å². The van der Waals surface area contributed by atoms with Gasteiger partial charge in [0.1, 0.15) is 18.1 Å². The summed E-state index contributed by atoms with van der Waals surface area (Å²) in [6.45, 7) is 6.26. The second kappa shape index (κ2) is 10.3. The van der Waals surface area contributed by atoms with Gasteiger partial charge >= 0.3 is 0 Å². The largest absolute Gasteiger partial charge is 0.508 e. The predicted octanol–water partition coefficient (Wildman–Crippen LogP) is 6.24. The lowest BCUT2D eigenvalue weighted by Crippen LogP contribution is -2.33. The molecule has 3 heteroatoms. The number of aromatic hydroxyl groups is 1. The van der Waals surface area contributed by atoms with Crippen molar-refractivity contribution in [2.45, 2.75) is 26.2 Å². The average Bonchev–Trinajstić information content (AvgIpc) is 2.83. The highest BCUT2D eigenvalue weighted by atomic mass is 16.5. The van der Waals surface area contributed by atoms with Crippen LogP contribution in [0.2, 0.25) is 0 Å². The van der Waals surface area contributed by atoms with Crippen molar-refractivity contribution < 1.29 is 9.84 Å². The Morgan fingerprint density at radius 3 is 2.03 bits per heavy atom. The highest BCUT2D eigenvalue weighted by Crippen LogP contribution is 2.33. The highest BCUT2D eigenvalue weighted by Gasteiger charge is 2.12. The Morgan fingerprint density at radius 1 is 0.774 bits per heavy atom. The molecule has 0 aliphatic carbocycles. The van der Waals surface area contributed by atoms with Crippen molar-refractivity contribution in [3.8, 4) is 11.5 Å². The maximum Gasteiger partial charge on any atom is 0.119 e. The number of allylic oxidation sites excluding steroid dienone is 1. The zero-order chi connectivity index (χ0) is 21.5. The fourth-order valence-corrected chi connectivity index (χ4v) is 4.25. The van der Waals surface area contributed by atoms with Gasteiger partial charge in [-0.25, -0.2) is 0 Å². The number of benzene rings is 3. The first kappa shape index (κ1) is 21.2. The zero-order valence-corrected chi connectivity index (χ0v) is 18.3. The fourth-order valence-electron chi connectivity index (χ4n) is 4.25. The number of piperidine rings is 1. The van der Waals surface area contributed by atoms with E-state index in [4.69, 9.17) is 4.74 Å². The molecule has 1 aliphatic heterocycles. The molecule has 4 rings (SSSR count). The monoisotopic (exact) mass is 413 g/mol. The molecule has 3 aromatic rings. The van der Waals surface area contributed by atoms with E-state index in [-0.39, 0.29) is 5.75 Å². The van der Waals surface area contributed by atoms with Crippen LogP contribution >= 0.6 is 0 Å². The summed E-state index contributed by atoms with van der Waals surface area (Å²) in [6, 6.07) is 26.2. The summed E-state index contributed by atoms with van der Waals surface area (Å²) in [7, 11) is 0. The van der Waals surface area contributed by atoms with Gasteiger partial charge in [0.2, 0.25) is 0 Å². The van der Waals surface area contributed by atoms with Crippen LogP contribution in [-0.4, -0.2) is 36.2 Å². The van der Waals surface area contributed by atoms with E-state index in [1.807, 2.05) is 18.2 Å². The second-order valence-corrected chi connectivity index (χ2v) is 8.19. The molecule has 0 aromatic heterocycles. The molecule has 0 spiro atoms. The maximum atomic E-state index is 9.74. The van der Waals surface area contributed by atoms with Gasteiger partial charge in [-0.1, -0.05) is 61.0 Å². The number of phenolic OH excluding ortho intramolecular Hbond substituents is 1. The molecule has 3 aromatic carbocycles. The molecule has 0 bridgehead atoms. The molecular weight excluding hydrogens is 382 g/mol. The molecule has 0 unspecified atom stereocenters. The van der Waals surface area contributed by atoms with Gasteiger partial charge in [-0.05, 0) is 85.0 Å².